The molecule has 0 spiro atoms. The molecular formula is C16H25NO. The first-order valence-electron chi connectivity index (χ1n) is 7.20. The number of ether oxygens (including phenoxy) is 1. The molecular weight excluding hydrogens is 222 g/mol. The van der Waals surface area contributed by atoms with Crippen LogP contribution in [0.5, 0.6) is 5.75 Å². The second-order valence-electron chi connectivity index (χ2n) is 5.43. The molecule has 1 saturated carbocycles. The molecule has 0 aromatic heterocycles. The van der Waals surface area contributed by atoms with E-state index in [0.717, 1.165) is 18.9 Å². The van der Waals surface area contributed by atoms with Gasteiger partial charge in [0.2, 0.25) is 0 Å². The Bertz CT molecular complexity index is 371. The minimum Gasteiger partial charge on any atom is -0.494 e. The second-order valence-corrected chi connectivity index (χ2v) is 5.43. The molecule has 1 N–H and O–H groups in total. The molecule has 0 radical (unpaired) electrons. The summed E-state index contributed by atoms with van der Waals surface area (Å²) in [5, 5.41) is 3.60. The average molecular weight is 247 g/mol. The van der Waals surface area contributed by atoms with Crippen LogP contribution in [0.25, 0.3) is 0 Å². The van der Waals surface area contributed by atoms with Crippen LogP contribution in [0.2, 0.25) is 0 Å². The molecule has 1 aliphatic rings. The van der Waals surface area contributed by atoms with Crippen molar-refractivity contribution in [3.63, 3.8) is 0 Å². The Morgan fingerprint density at radius 2 is 2.11 bits per heavy atom. The monoisotopic (exact) mass is 247 g/mol. The first-order valence-corrected chi connectivity index (χ1v) is 7.20. The standard InChI is InChI=1S/C16H25NO/c1-3-8-16(9-10-16)13-17-12-14-6-5-7-15(11-14)18-4-2/h5-7,11,17H,3-4,8-10,12-13H2,1-2H3. The Labute approximate surface area is 111 Å². The summed E-state index contributed by atoms with van der Waals surface area (Å²) in [5.41, 5.74) is 1.94. The van der Waals surface area contributed by atoms with Crippen molar-refractivity contribution in [3.8, 4) is 5.75 Å². The van der Waals surface area contributed by atoms with Gasteiger partial charge in [-0.25, -0.2) is 0 Å². The molecule has 2 heteroatoms. The summed E-state index contributed by atoms with van der Waals surface area (Å²) in [5.74, 6) is 0.978. The maximum absolute atomic E-state index is 5.52. The highest BCUT2D eigenvalue weighted by molar-refractivity contribution is 5.28. The Morgan fingerprint density at radius 1 is 1.28 bits per heavy atom. The predicted molar refractivity (Wildman–Crippen MR) is 75.9 cm³/mol. The summed E-state index contributed by atoms with van der Waals surface area (Å²) in [6.07, 6.45) is 5.50. The highest BCUT2D eigenvalue weighted by Gasteiger charge is 2.40. The summed E-state index contributed by atoms with van der Waals surface area (Å²) in [7, 11) is 0. The average Bonchev–Trinajstić information content (AvgIpc) is 3.11. The molecule has 0 aliphatic heterocycles. The Morgan fingerprint density at radius 3 is 2.78 bits per heavy atom. The zero-order valence-electron chi connectivity index (χ0n) is 11.7. The minimum absolute atomic E-state index is 0.631. The topological polar surface area (TPSA) is 21.3 Å². The van der Waals surface area contributed by atoms with Crippen molar-refractivity contribution in [3.05, 3.63) is 29.8 Å². The van der Waals surface area contributed by atoms with E-state index in [1.165, 1.54) is 37.8 Å². The van der Waals surface area contributed by atoms with Gasteiger partial charge in [0, 0.05) is 13.1 Å². The molecule has 2 rings (SSSR count). The second kappa shape index (κ2) is 6.24. The van der Waals surface area contributed by atoms with Gasteiger partial charge in [0.05, 0.1) is 6.61 Å². The fourth-order valence-electron chi connectivity index (χ4n) is 2.61. The lowest BCUT2D eigenvalue weighted by Crippen LogP contribution is -2.23. The zero-order valence-corrected chi connectivity index (χ0v) is 11.7. The Kier molecular flexibility index (Phi) is 4.65. The van der Waals surface area contributed by atoms with E-state index in [1.807, 2.05) is 13.0 Å². The van der Waals surface area contributed by atoms with Crippen LogP contribution in [0.3, 0.4) is 0 Å². The van der Waals surface area contributed by atoms with E-state index in [9.17, 15) is 0 Å². The highest BCUT2D eigenvalue weighted by atomic mass is 16.5. The summed E-state index contributed by atoms with van der Waals surface area (Å²) < 4.78 is 5.52. The van der Waals surface area contributed by atoms with Crippen LogP contribution in [0, 0.1) is 5.41 Å². The lowest BCUT2D eigenvalue weighted by Gasteiger charge is -2.15. The third-order valence-electron chi connectivity index (χ3n) is 3.78. The van der Waals surface area contributed by atoms with Crippen molar-refractivity contribution in [1.29, 1.82) is 0 Å². The van der Waals surface area contributed by atoms with Crippen LogP contribution in [-0.2, 0) is 6.54 Å². The van der Waals surface area contributed by atoms with Crippen molar-refractivity contribution < 1.29 is 4.74 Å². The van der Waals surface area contributed by atoms with Gasteiger partial charge in [0.1, 0.15) is 5.75 Å². The number of nitrogens with one attached hydrogen (secondary N) is 1. The lowest BCUT2D eigenvalue weighted by molar-refractivity contribution is 0.339. The van der Waals surface area contributed by atoms with Crippen molar-refractivity contribution in [2.24, 2.45) is 5.41 Å². The predicted octanol–water partition coefficient (Wildman–Crippen LogP) is 3.76. The van der Waals surface area contributed by atoms with Gasteiger partial charge in [-0.3, -0.25) is 0 Å². The van der Waals surface area contributed by atoms with Gasteiger partial charge >= 0.3 is 0 Å². The normalized spacial score (nSPS) is 16.6. The maximum Gasteiger partial charge on any atom is 0.119 e. The van der Waals surface area contributed by atoms with Gasteiger partial charge in [-0.1, -0.05) is 25.5 Å². The SMILES string of the molecule is CCCC1(CNCc2cccc(OCC)c2)CC1. The van der Waals surface area contributed by atoms with Crippen LogP contribution in [0.15, 0.2) is 24.3 Å². The molecule has 0 unspecified atom stereocenters. The fraction of sp³-hybridized carbons (Fsp3) is 0.625. The summed E-state index contributed by atoms with van der Waals surface area (Å²) in [4.78, 5) is 0. The lowest BCUT2D eigenvalue weighted by atomic mass is 10.0. The maximum atomic E-state index is 5.52. The van der Waals surface area contributed by atoms with E-state index < -0.39 is 0 Å². The largest absolute Gasteiger partial charge is 0.494 e. The molecule has 2 nitrogen and oxygen atoms in total. The molecule has 1 fully saturated rings. The Hall–Kier alpha value is -1.02. The van der Waals surface area contributed by atoms with E-state index in [0.29, 0.717) is 5.41 Å². The minimum atomic E-state index is 0.631. The first-order chi connectivity index (χ1) is 8.78. The molecule has 0 heterocycles. The van der Waals surface area contributed by atoms with Crippen molar-refractivity contribution in [1.82, 2.24) is 5.32 Å². The molecule has 0 atom stereocenters. The molecule has 18 heavy (non-hydrogen) atoms. The molecule has 1 aliphatic carbocycles. The van der Waals surface area contributed by atoms with Crippen LogP contribution in [-0.4, -0.2) is 13.2 Å². The highest BCUT2D eigenvalue weighted by Crippen LogP contribution is 2.48. The summed E-state index contributed by atoms with van der Waals surface area (Å²) in [6, 6.07) is 8.39. The van der Waals surface area contributed by atoms with Crippen LogP contribution < -0.4 is 10.1 Å². The molecule has 1 aromatic rings. The van der Waals surface area contributed by atoms with Gasteiger partial charge in [-0.05, 0) is 49.3 Å². The number of benzene rings is 1. The summed E-state index contributed by atoms with van der Waals surface area (Å²) in [6.45, 7) is 7.15. The third-order valence-corrected chi connectivity index (χ3v) is 3.78. The van der Waals surface area contributed by atoms with E-state index in [-0.39, 0.29) is 0 Å². The molecule has 0 saturated heterocycles. The molecule has 100 valence electrons. The van der Waals surface area contributed by atoms with Gasteiger partial charge in [0.25, 0.3) is 0 Å². The molecule has 1 aromatic carbocycles. The number of hydrogen-bond donors (Lipinski definition) is 1. The van der Waals surface area contributed by atoms with Gasteiger partial charge in [-0.15, -0.1) is 0 Å². The zero-order chi connectivity index (χ0) is 12.8. The quantitative estimate of drug-likeness (QED) is 0.755. The van der Waals surface area contributed by atoms with Crippen molar-refractivity contribution in [2.45, 2.75) is 46.1 Å². The smallest absolute Gasteiger partial charge is 0.119 e. The third kappa shape index (κ3) is 3.74. The van der Waals surface area contributed by atoms with E-state index in [2.05, 4.69) is 30.4 Å². The first kappa shape index (κ1) is 13.4. The van der Waals surface area contributed by atoms with Crippen LogP contribution in [0.4, 0.5) is 0 Å². The van der Waals surface area contributed by atoms with Gasteiger partial charge in [0.15, 0.2) is 0 Å². The van der Waals surface area contributed by atoms with E-state index >= 15 is 0 Å². The number of hydrogen-bond acceptors (Lipinski definition) is 2. The van der Waals surface area contributed by atoms with E-state index in [1.54, 1.807) is 0 Å². The van der Waals surface area contributed by atoms with Crippen molar-refractivity contribution in [2.75, 3.05) is 13.2 Å². The van der Waals surface area contributed by atoms with Crippen molar-refractivity contribution >= 4 is 0 Å². The number of rotatable bonds is 8. The summed E-state index contributed by atoms with van der Waals surface area (Å²) >= 11 is 0. The van der Waals surface area contributed by atoms with Gasteiger partial charge in [-0.2, -0.15) is 0 Å². The fourth-order valence-corrected chi connectivity index (χ4v) is 2.61. The van der Waals surface area contributed by atoms with Crippen LogP contribution >= 0.6 is 0 Å². The Balaban J connectivity index is 1.78. The molecule has 0 bridgehead atoms. The molecule has 0 amide bonds. The van der Waals surface area contributed by atoms with Crippen LogP contribution in [0.1, 0.15) is 45.1 Å². The van der Waals surface area contributed by atoms with E-state index in [4.69, 9.17) is 4.74 Å². The van der Waals surface area contributed by atoms with Gasteiger partial charge < -0.3 is 10.1 Å².